The van der Waals surface area contributed by atoms with Crippen LogP contribution in [0.3, 0.4) is 0 Å². The van der Waals surface area contributed by atoms with Crippen LogP contribution < -0.4 is 10.1 Å². The molecular weight excluding hydrogens is 507 g/mol. The lowest BCUT2D eigenvalue weighted by Crippen LogP contribution is -2.28. The summed E-state index contributed by atoms with van der Waals surface area (Å²) in [5.41, 5.74) is 4.80. The third kappa shape index (κ3) is 6.97. The first-order valence-corrected chi connectivity index (χ1v) is 13.5. The number of methoxy groups -OCH3 is 1. The topological polar surface area (TPSA) is 72.7 Å². The first-order chi connectivity index (χ1) is 19.3. The van der Waals surface area contributed by atoms with E-state index in [1.807, 2.05) is 42.5 Å². The fourth-order valence-electron chi connectivity index (χ4n) is 4.93. The number of halogens is 1. The molecule has 0 aliphatic heterocycles. The Bertz CT molecular complexity index is 1440. The highest BCUT2D eigenvalue weighted by atomic mass is 19.1. The van der Waals surface area contributed by atoms with Gasteiger partial charge in [-0.3, -0.25) is 4.79 Å². The Balaban J connectivity index is 1.60. The Hall–Kier alpha value is -3.94. The van der Waals surface area contributed by atoms with E-state index in [0.717, 1.165) is 39.0 Å². The van der Waals surface area contributed by atoms with Gasteiger partial charge in [0.05, 0.1) is 32.3 Å². The molecule has 2 N–H and O–H groups in total. The molecule has 0 radical (unpaired) electrons. The van der Waals surface area contributed by atoms with E-state index in [1.54, 1.807) is 32.4 Å². The third-order valence-electron chi connectivity index (χ3n) is 6.92. The largest absolute Gasteiger partial charge is 0.497 e. The van der Waals surface area contributed by atoms with Gasteiger partial charge in [0.25, 0.3) is 0 Å². The van der Waals surface area contributed by atoms with Crippen molar-refractivity contribution in [1.82, 2.24) is 9.88 Å². The van der Waals surface area contributed by atoms with E-state index in [9.17, 15) is 14.3 Å². The van der Waals surface area contributed by atoms with Gasteiger partial charge < -0.3 is 24.5 Å². The van der Waals surface area contributed by atoms with Crippen LogP contribution in [-0.2, 0) is 16.1 Å². The molecule has 2 atom stereocenters. The average Bonchev–Trinajstić information content (AvgIpc) is 3.29. The summed E-state index contributed by atoms with van der Waals surface area (Å²) in [6.07, 6.45) is 2.69. The molecule has 0 saturated carbocycles. The minimum absolute atomic E-state index is 0.130. The van der Waals surface area contributed by atoms with Crippen molar-refractivity contribution in [3.63, 3.8) is 0 Å². The molecule has 4 aromatic rings. The van der Waals surface area contributed by atoms with Crippen LogP contribution >= 0.6 is 0 Å². The summed E-state index contributed by atoms with van der Waals surface area (Å²) in [5.74, 6) is 0.306. The summed E-state index contributed by atoms with van der Waals surface area (Å²) in [7, 11) is 3.20. The minimum atomic E-state index is -0.856. The van der Waals surface area contributed by atoms with Crippen molar-refractivity contribution >= 4 is 22.9 Å². The van der Waals surface area contributed by atoms with Crippen molar-refractivity contribution in [3.05, 3.63) is 95.9 Å². The van der Waals surface area contributed by atoms with E-state index in [0.29, 0.717) is 6.61 Å². The van der Waals surface area contributed by atoms with Crippen molar-refractivity contribution in [2.75, 3.05) is 14.2 Å². The number of amides is 1. The molecule has 0 aliphatic carbocycles. The van der Waals surface area contributed by atoms with Gasteiger partial charge in [0, 0.05) is 41.7 Å². The maximum absolute atomic E-state index is 13.7. The Labute approximate surface area is 235 Å². The number of carbonyl (C=O) groups is 1. The molecule has 1 heterocycles. The molecule has 3 aromatic carbocycles. The molecule has 0 aliphatic rings. The first-order valence-electron chi connectivity index (χ1n) is 13.5. The van der Waals surface area contributed by atoms with Gasteiger partial charge in [-0.25, -0.2) is 4.39 Å². The summed E-state index contributed by atoms with van der Waals surface area (Å²) in [6.45, 7) is 4.53. The molecule has 40 heavy (non-hydrogen) atoms. The van der Waals surface area contributed by atoms with Crippen molar-refractivity contribution < 1.29 is 23.8 Å². The number of para-hydroxylation sites is 1. The summed E-state index contributed by atoms with van der Waals surface area (Å²) < 4.78 is 27.3. The molecule has 0 spiro atoms. The van der Waals surface area contributed by atoms with Crippen molar-refractivity contribution in [1.29, 1.82) is 0 Å². The molecular formula is C33H37FN2O4. The van der Waals surface area contributed by atoms with Crippen LogP contribution in [0, 0.1) is 5.82 Å². The van der Waals surface area contributed by atoms with Crippen LogP contribution in [0.1, 0.15) is 44.0 Å². The molecule has 1 aromatic heterocycles. The number of aliphatic hydroxyl groups excluding tert-OH is 1. The van der Waals surface area contributed by atoms with Crippen molar-refractivity contribution in [2.45, 2.75) is 51.5 Å². The number of nitrogens with one attached hydrogen (secondary N) is 1. The van der Waals surface area contributed by atoms with Crippen LogP contribution in [-0.4, -0.2) is 41.9 Å². The van der Waals surface area contributed by atoms with Crippen LogP contribution in [0.5, 0.6) is 5.75 Å². The Morgan fingerprint density at radius 3 is 2.40 bits per heavy atom. The Kier molecular flexibility index (Phi) is 9.74. The lowest BCUT2D eigenvalue weighted by molar-refractivity contribution is -0.124. The number of benzene rings is 3. The lowest BCUT2D eigenvalue weighted by atomic mass is 10.0. The van der Waals surface area contributed by atoms with E-state index in [1.165, 1.54) is 12.1 Å². The van der Waals surface area contributed by atoms with Crippen molar-refractivity contribution in [3.8, 4) is 16.9 Å². The summed E-state index contributed by atoms with van der Waals surface area (Å²) in [6, 6.07) is 22.3. The zero-order valence-electron chi connectivity index (χ0n) is 23.4. The number of carbonyl (C=O) groups excluding carboxylic acids is 1. The Morgan fingerprint density at radius 2 is 1.75 bits per heavy atom. The minimum Gasteiger partial charge on any atom is -0.497 e. The van der Waals surface area contributed by atoms with Gasteiger partial charge in [-0.1, -0.05) is 48.5 Å². The number of aromatic nitrogens is 1. The number of rotatable bonds is 12. The predicted molar refractivity (Wildman–Crippen MR) is 158 cm³/mol. The van der Waals surface area contributed by atoms with E-state index < -0.39 is 12.2 Å². The van der Waals surface area contributed by atoms with E-state index >= 15 is 0 Å². The molecule has 0 unspecified atom stereocenters. The number of ether oxygens (including phenoxy) is 2. The smallest absolute Gasteiger partial charge is 0.222 e. The van der Waals surface area contributed by atoms with E-state index in [2.05, 4.69) is 35.9 Å². The quantitative estimate of drug-likeness (QED) is 0.213. The fraction of sp³-hybridized carbons (Fsp3) is 0.303. The maximum Gasteiger partial charge on any atom is 0.222 e. The van der Waals surface area contributed by atoms with Crippen LogP contribution in [0.2, 0.25) is 0 Å². The molecule has 7 heteroatoms. The fourth-order valence-corrected chi connectivity index (χ4v) is 4.93. The molecule has 1 amide bonds. The van der Waals surface area contributed by atoms with Gasteiger partial charge in [0.2, 0.25) is 5.91 Å². The van der Waals surface area contributed by atoms with Crippen molar-refractivity contribution in [2.24, 2.45) is 0 Å². The molecule has 210 valence electrons. The van der Waals surface area contributed by atoms with Gasteiger partial charge in [-0.2, -0.15) is 0 Å². The van der Waals surface area contributed by atoms with E-state index in [4.69, 9.17) is 9.47 Å². The van der Waals surface area contributed by atoms with Crippen LogP contribution in [0.15, 0.2) is 78.9 Å². The molecule has 0 bridgehead atoms. The lowest BCUT2D eigenvalue weighted by Gasteiger charge is -2.20. The summed E-state index contributed by atoms with van der Waals surface area (Å²) in [4.78, 5) is 12.2. The van der Waals surface area contributed by atoms with Crippen LogP contribution in [0.25, 0.3) is 28.1 Å². The number of aliphatic hydroxyl groups is 1. The highest BCUT2D eigenvalue weighted by Gasteiger charge is 2.21. The molecule has 0 fully saturated rings. The SMILES string of the molecule is CNC(=O)C[C@@H](C[C@H](O)/C=C/c1c(-c2ccc(F)cc2)c2ccccc2n1C(C)C)OCc1ccc(OC)cc1. The summed E-state index contributed by atoms with van der Waals surface area (Å²) >= 11 is 0. The van der Waals surface area contributed by atoms with E-state index in [-0.39, 0.29) is 30.6 Å². The standard InChI is InChI=1S/C33H37FN2O4/c1-22(2)36-30-8-6-5-7-29(30)33(24-11-13-25(34)14-12-24)31(36)18-15-26(37)19-28(20-32(38)35-3)40-21-23-9-16-27(39-4)17-10-23/h5-18,22,26,28,37H,19-21H2,1-4H3,(H,35,38)/b18-15+/t26-,28-/m1/s1. The Morgan fingerprint density at radius 1 is 1.05 bits per heavy atom. The second-order valence-electron chi connectivity index (χ2n) is 10.1. The number of hydrogen-bond donors (Lipinski definition) is 2. The predicted octanol–water partition coefficient (Wildman–Crippen LogP) is 6.52. The van der Waals surface area contributed by atoms with Gasteiger partial charge in [0.15, 0.2) is 0 Å². The zero-order valence-corrected chi connectivity index (χ0v) is 23.4. The highest BCUT2D eigenvalue weighted by Crippen LogP contribution is 2.38. The average molecular weight is 545 g/mol. The number of hydrogen-bond acceptors (Lipinski definition) is 4. The third-order valence-corrected chi connectivity index (χ3v) is 6.92. The maximum atomic E-state index is 13.7. The van der Waals surface area contributed by atoms with Gasteiger partial charge >= 0.3 is 0 Å². The summed E-state index contributed by atoms with van der Waals surface area (Å²) in [5, 5.41) is 14.8. The second-order valence-corrected chi connectivity index (χ2v) is 10.1. The monoisotopic (exact) mass is 544 g/mol. The number of nitrogens with zero attached hydrogens (tertiary/aromatic N) is 1. The van der Waals surface area contributed by atoms with Gasteiger partial charge in [0.1, 0.15) is 11.6 Å². The normalized spacial score (nSPS) is 13.2. The van der Waals surface area contributed by atoms with Gasteiger partial charge in [-0.05, 0) is 61.4 Å². The first kappa shape index (κ1) is 29.1. The van der Waals surface area contributed by atoms with Gasteiger partial charge in [-0.15, -0.1) is 0 Å². The molecule has 4 rings (SSSR count). The highest BCUT2D eigenvalue weighted by molar-refractivity contribution is 6.01. The number of fused-ring (bicyclic) bond motifs is 1. The second kappa shape index (κ2) is 13.4. The molecule has 0 saturated heterocycles. The van der Waals surface area contributed by atoms with Crippen LogP contribution in [0.4, 0.5) is 4.39 Å². The zero-order chi connectivity index (χ0) is 28.6. The molecule has 6 nitrogen and oxygen atoms in total.